The average Bonchev–Trinajstić information content (AvgIpc) is 3.11. The van der Waals surface area contributed by atoms with Gasteiger partial charge in [0.1, 0.15) is 5.76 Å². The maximum absolute atomic E-state index is 12.4. The number of aromatic nitrogens is 2. The molecule has 0 saturated carbocycles. The molecule has 2 aromatic heterocycles. The molecule has 0 aliphatic heterocycles. The lowest BCUT2D eigenvalue weighted by Gasteiger charge is -2.21. The number of aryl methyl sites for hydroxylation is 1. The van der Waals surface area contributed by atoms with E-state index in [1.54, 1.807) is 12.5 Å². The van der Waals surface area contributed by atoms with Gasteiger partial charge in [0.2, 0.25) is 5.95 Å². The van der Waals surface area contributed by atoms with E-state index in [4.69, 9.17) is 4.42 Å². The summed E-state index contributed by atoms with van der Waals surface area (Å²) in [5.74, 6) is 1.45. The van der Waals surface area contributed by atoms with Crippen molar-refractivity contribution >= 4 is 17.4 Å². The van der Waals surface area contributed by atoms with Crippen LogP contribution in [0.4, 0.5) is 11.6 Å². The second-order valence-electron chi connectivity index (χ2n) is 6.09. The van der Waals surface area contributed by atoms with Gasteiger partial charge in [-0.3, -0.25) is 4.79 Å². The smallest absolute Gasteiger partial charge is 0.227 e. The Labute approximate surface area is 139 Å². The third kappa shape index (κ3) is 2.80. The Morgan fingerprint density at radius 1 is 1.17 bits per heavy atom. The minimum atomic E-state index is 0.0436. The van der Waals surface area contributed by atoms with E-state index in [1.807, 2.05) is 43.3 Å². The number of carbonyl (C=O) groups excluding carboxylic acids is 1. The van der Waals surface area contributed by atoms with E-state index in [1.165, 1.54) is 5.56 Å². The number of fused-ring (bicyclic) bond motifs is 1. The Morgan fingerprint density at radius 2 is 2.00 bits per heavy atom. The summed E-state index contributed by atoms with van der Waals surface area (Å²) >= 11 is 0. The van der Waals surface area contributed by atoms with E-state index in [-0.39, 0.29) is 11.7 Å². The standard InChI is InChI=1S/C19H17N3O2/c1-12-4-6-14(7-5-12)21-19-20-11-15-16(22-19)9-13(10-17(15)23)18-3-2-8-24-18/h2-8,11,13H,9-10H2,1H3,(H,20,21,22). The number of ketones is 1. The molecule has 5 nitrogen and oxygen atoms in total. The van der Waals surface area contributed by atoms with E-state index in [9.17, 15) is 4.79 Å². The number of anilines is 2. The van der Waals surface area contributed by atoms with Gasteiger partial charge in [-0.05, 0) is 31.2 Å². The van der Waals surface area contributed by atoms with Crippen LogP contribution >= 0.6 is 0 Å². The maximum atomic E-state index is 12.4. The number of benzene rings is 1. The molecule has 0 fully saturated rings. The number of hydrogen-bond donors (Lipinski definition) is 1. The Kier molecular flexibility index (Phi) is 3.61. The van der Waals surface area contributed by atoms with Crippen LogP contribution in [0.5, 0.6) is 0 Å². The van der Waals surface area contributed by atoms with E-state index in [0.717, 1.165) is 17.1 Å². The summed E-state index contributed by atoms with van der Waals surface area (Å²) in [6.07, 6.45) is 4.38. The summed E-state index contributed by atoms with van der Waals surface area (Å²) in [5.41, 5.74) is 3.51. The highest BCUT2D eigenvalue weighted by molar-refractivity contribution is 5.98. The predicted octanol–water partition coefficient (Wildman–Crippen LogP) is 4.03. The van der Waals surface area contributed by atoms with Crippen LogP contribution in [0, 0.1) is 6.92 Å². The molecule has 1 aliphatic carbocycles. The highest BCUT2D eigenvalue weighted by Gasteiger charge is 2.29. The van der Waals surface area contributed by atoms with Gasteiger partial charge in [0.25, 0.3) is 0 Å². The van der Waals surface area contributed by atoms with Crippen LogP contribution in [-0.2, 0) is 6.42 Å². The first-order chi connectivity index (χ1) is 11.7. The van der Waals surface area contributed by atoms with Crippen molar-refractivity contribution in [3.63, 3.8) is 0 Å². The van der Waals surface area contributed by atoms with Gasteiger partial charge in [0.05, 0.1) is 17.5 Å². The fourth-order valence-corrected chi connectivity index (χ4v) is 3.00. The van der Waals surface area contributed by atoms with Crippen molar-refractivity contribution in [2.75, 3.05) is 5.32 Å². The molecular weight excluding hydrogens is 302 g/mol. The summed E-state index contributed by atoms with van der Waals surface area (Å²) < 4.78 is 5.46. The monoisotopic (exact) mass is 319 g/mol. The number of nitrogens with one attached hydrogen (secondary N) is 1. The molecule has 0 radical (unpaired) electrons. The lowest BCUT2D eigenvalue weighted by atomic mass is 9.85. The number of Topliss-reactive ketones (excluding diaryl/α,β-unsaturated/α-hetero) is 1. The largest absolute Gasteiger partial charge is 0.469 e. The van der Waals surface area contributed by atoms with Crippen molar-refractivity contribution in [1.82, 2.24) is 9.97 Å². The van der Waals surface area contributed by atoms with Gasteiger partial charge >= 0.3 is 0 Å². The van der Waals surface area contributed by atoms with Crippen LogP contribution in [0.25, 0.3) is 0 Å². The minimum Gasteiger partial charge on any atom is -0.469 e. The highest BCUT2D eigenvalue weighted by atomic mass is 16.3. The summed E-state index contributed by atoms with van der Waals surface area (Å²) in [6, 6.07) is 11.8. The SMILES string of the molecule is Cc1ccc(Nc2ncc3c(n2)CC(c2ccco2)CC3=O)cc1. The summed E-state index contributed by atoms with van der Waals surface area (Å²) in [7, 11) is 0. The van der Waals surface area contributed by atoms with Crippen LogP contribution in [0.15, 0.2) is 53.3 Å². The molecule has 0 saturated heterocycles. The molecule has 1 N–H and O–H groups in total. The van der Waals surface area contributed by atoms with E-state index in [2.05, 4.69) is 15.3 Å². The second kappa shape index (κ2) is 5.92. The molecule has 0 bridgehead atoms. The van der Waals surface area contributed by atoms with Crippen LogP contribution in [0.1, 0.15) is 39.7 Å². The Morgan fingerprint density at radius 3 is 2.75 bits per heavy atom. The molecule has 24 heavy (non-hydrogen) atoms. The third-order valence-corrected chi connectivity index (χ3v) is 4.29. The van der Waals surface area contributed by atoms with Gasteiger partial charge in [0.15, 0.2) is 5.78 Å². The number of carbonyl (C=O) groups is 1. The zero-order chi connectivity index (χ0) is 16.5. The van der Waals surface area contributed by atoms with Gasteiger partial charge in [-0.1, -0.05) is 17.7 Å². The highest BCUT2D eigenvalue weighted by Crippen LogP contribution is 2.32. The molecule has 1 unspecified atom stereocenters. The first kappa shape index (κ1) is 14.6. The first-order valence-electron chi connectivity index (χ1n) is 7.95. The van der Waals surface area contributed by atoms with Crippen molar-refractivity contribution in [2.24, 2.45) is 0 Å². The van der Waals surface area contributed by atoms with E-state index >= 15 is 0 Å². The van der Waals surface area contributed by atoms with Crippen LogP contribution in [0.3, 0.4) is 0 Å². The molecule has 2 heterocycles. The Bertz CT molecular complexity index is 870. The molecule has 5 heteroatoms. The van der Waals surface area contributed by atoms with Crippen LogP contribution < -0.4 is 5.32 Å². The fraction of sp³-hybridized carbons (Fsp3) is 0.211. The number of hydrogen-bond acceptors (Lipinski definition) is 5. The Balaban J connectivity index is 1.61. The molecule has 3 aromatic rings. The fourth-order valence-electron chi connectivity index (χ4n) is 3.00. The molecule has 120 valence electrons. The van der Waals surface area contributed by atoms with Crippen molar-refractivity contribution in [1.29, 1.82) is 0 Å². The Hall–Kier alpha value is -2.95. The molecular formula is C19H17N3O2. The lowest BCUT2D eigenvalue weighted by molar-refractivity contribution is 0.0958. The molecule has 4 rings (SSSR count). The van der Waals surface area contributed by atoms with Crippen molar-refractivity contribution in [3.05, 3.63) is 71.4 Å². The topological polar surface area (TPSA) is 68.0 Å². The minimum absolute atomic E-state index is 0.0436. The van der Waals surface area contributed by atoms with Gasteiger partial charge in [-0.2, -0.15) is 0 Å². The summed E-state index contributed by atoms with van der Waals surface area (Å²) in [4.78, 5) is 21.2. The second-order valence-corrected chi connectivity index (χ2v) is 6.09. The maximum Gasteiger partial charge on any atom is 0.227 e. The van der Waals surface area contributed by atoms with E-state index < -0.39 is 0 Å². The van der Waals surface area contributed by atoms with Crippen molar-refractivity contribution in [2.45, 2.75) is 25.7 Å². The molecule has 0 amide bonds. The first-order valence-corrected chi connectivity index (χ1v) is 7.95. The molecule has 0 spiro atoms. The number of nitrogens with zero attached hydrogens (tertiary/aromatic N) is 2. The quantitative estimate of drug-likeness (QED) is 0.789. The van der Waals surface area contributed by atoms with Crippen molar-refractivity contribution in [3.8, 4) is 0 Å². The third-order valence-electron chi connectivity index (χ3n) is 4.29. The number of rotatable bonds is 3. The van der Waals surface area contributed by atoms with Crippen LogP contribution in [0.2, 0.25) is 0 Å². The lowest BCUT2D eigenvalue weighted by Crippen LogP contribution is -2.20. The summed E-state index contributed by atoms with van der Waals surface area (Å²) in [6.45, 7) is 2.04. The van der Waals surface area contributed by atoms with Gasteiger partial charge in [0, 0.05) is 30.6 Å². The van der Waals surface area contributed by atoms with Gasteiger partial charge in [-0.15, -0.1) is 0 Å². The van der Waals surface area contributed by atoms with Gasteiger partial charge in [-0.25, -0.2) is 9.97 Å². The van der Waals surface area contributed by atoms with Gasteiger partial charge < -0.3 is 9.73 Å². The zero-order valence-electron chi connectivity index (χ0n) is 13.3. The van der Waals surface area contributed by atoms with Crippen LogP contribution in [-0.4, -0.2) is 15.8 Å². The molecule has 1 aliphatic rings. The van der Waals surface area contributed by atoms with Crippen molar-refractivity contribution < 1.29 is 9.21 Å². The zero-order valence-corrected chi connectivity index (χ0v) is 13.3. The number of furan rings is 1. The molecule has 1 aromatic carbocycles. The van der Waals surface area contributed by atoms with E-state index in [0.29, 0.717) is 24.4 Å². The normalized spacial score (nSPS) is 16.7. The molecule has 1 atom stereocenters. The summed E-state index contributed by atoms with van der Waals surface area (Å²) in [5, 5.41) is 3.19. The predicted molar refractivity (Wildman–Crippen MR) is 90.6 cm³/mol. The average molecular weight is 319 g/mol.